The molecule has 0 bridgehead atoms. The maximum absolute atomic E-state index is 12.6. The molecule has 0 aromatic heterocycles. The Morgan fingerprint density at radius 1 is 1.07 bits per heavy atom. The minimum Gasteiger partial charge on any atom is -0.170 e. The van der Waals surface area contributed by atoms with E-state index in [0.717, 1.165) is 6.92 Å². The van der Waals surface area contributed by atoms with Crippen LogP contribution in [-0.4, -0.2) is 12.4 Å². The lowest BCUT2D eigenvalue weighted by Gasteiger charge is -2.55. The highest BCUT2D eigenvalue weighted by Crippen LogP contribution is 2.68. The van der Waals surface area contributed by atoms with E-state index in [1.807, 2.05) is 0 Å². The molecule has 1 aliphatic rings. The predicted molar refractivity (Wildman–Crippen MR) is 42.1 cm³/mol. The van der Waals surface area contributed by atoms with Crippen LogP contribution < -0.4 is 0 Å². The third kappa shape index (κ3) is 1.44. The molecule has 0 aromatic carbocycles. The molecule has 1 aliphatic carbocycles. The fourth-order valence-electron chi connectivity index (χ4n) is 2.71. The summed E-state index contributed by atoms with van der Waals surface area (Å²) in [5.41, 5.74) is -3.48. The summed E-state index contributed by atoms with van der Waals surface area (Å²) in [6.07, 6.45) is -10.5. The number of rotatable bonds is 1. The molecule has 0 unspecified atom stereocenters. The van der Waals surface area contributed by atoms with E-state index in [4.69, 9.17) is 0 Å². The van der Waals surface area contributed by atoms with Crippen molar-refractivity contribution in [1.29, 1.82) is 0 Å². The molecule has 0 amide bonds. The summed E-state index contributed by atoms with van der Waals surface area (Å²) in [5, 5.41) is 0. The van der Waals surface area contributed by atoms with E-state index in [1.54, 1.807) is 0 Å². The Morgan fingerprint density at radius 3 is 1.60 bits per heavy atom. The highest BCUT2D eigenvalue weighted by molar-refractivity contribution is 5.08. The van der Waals surface area contributed by atoms with Gasteiger partial charge < -0.3 is 0 Å². The molecule has 6 heteroatoms. The van der Waals surface area contributed by atoms with E-state index in [1.165, 1.54) is 6.92 Å². The van der Waals surface area contributed by atoms with Crippen LogP contribution in [0.2, 0.25) is 0 Å². The quantitative estimate of drug-likeness (QED) is 0.597. The molecule has 1 rings (SSSR count). The lowest BCUT2D eigenvalue weighted by Crippen LogP contribution is -2.65. The van der Waals surface area contributed by atoms with Gasteiger partial charge >= 0.3 is 12.4 Å². The molecule has 0 saturated heterocycles. The van der Waals surface area contributed by atoms with E-state index >= 15 is 0 Å². The number of hydrogen-bond donors (Lipinski definition) is 0. The Morgan fingerprint density at radius 2 is 1.47 bits per heavy atom. The topological polar surface area (TPSA) is 0 Å². The molecular weight excluding hydrogens is 222 g/mol. The molecular formula is C9H12F6. The Balaban J connectivity index is 3.19. The van der Waals surface area contributed by atoms with Crippen LogP contribution >= 0.6 is 0 Å². The second-order valence-electron chi connectivity index (χ2n) is 4.11. The first-order chi connectivity index (χ1) is 6.59. The first-order valence-corrected chi connectivity index (χ1v) is 4.72. The normalized spacial score (nSPS) is 31.2. The zero-order chi connectivity index (χ0) is 12.1. The van der Waals surface area contributed by atoms with Crippen molar-refractivity contribution in [3.63, 3.8) is 0 Å². The summed E-state index contributed by atoms with van der Waals surface area (Å²) in [5.74, 6) is -2.70. The summed E-state index contributed by atoms with van der Waals surface area (Å²) in [6.45, 7) is 2.38. The van der Waals surface area contributed by atoms with Crippen LogP contribution in [0.15, 0.2) is 0 Å². The van der Waals surface area contributed by atoms with Crippen LogP contribution in [0.1, 0.15) is 26.7 Å². The molecule has 0 spiro atoms. The summed E-state index contributed by atoms with van der Waals surface area (Å²) in [6, 6.07) is 0. The van der Waals surface area contributed by atoms with Crippen LogP contribution in [0.5, 0.6) is 0 Å². The van der Waals surface area contributed by atoms with Gasteiger partial charge in [-0.1, -0.05) is 20.3 Å². The summed E-state index contributed by atoms with van der Waals surface area (Å²) < 4.78 is 75.7. The van der Waals surface area contributed by atoms with Gasteiger partial charge in [0.1, 0.15) is 0 Å². The first kappa shape index (κ1) is 12.6. The summed E-state index contributed by atoms with van der Waals surface area (Å²) in [7, 11) is 0. The maximum Gasteiger partial charge on any atom is 0.403 e. The third-order valence-electron chi connectivity index (χ3n) is 3.49. The lowest BCUT2D eigenvalue weighted by molar-refractivity contribution is -0.406. The van der Waals surface area contributed by atoms with Crippen molar-refractivity contribution < 1.29 is 26.3 Å². The van der Waals surface area contributed by atoms with Crippen molar-refractivity contribution in [2.75, 3.05) is 0 Å². The average molecular weight is 234 g/mol. The molecule has 2 atom stereocenters. The highest BCUT2D eigenvalue weighted by Gasteiger charge is 2.79. The van der Waals surface area contributed by atoms with Gasteiger partial charge in [0.25, 0.3) is 0 Å². The Hall–Kier alpha value is -0.420. The van der Waals surface area contributed by atoms with E-state index in [9.17, 15) is 26.3 Å². The van der Waals surface area contributed by atoms with Crippen molar-refractivity contribution in [2.45, 2.75) is 39.0 Å². The highest BCUT2D eigenvalue weighted by atomic mass is 19.4. The summed E-state index contributed by atoms with van der Waals surface area (Å²) >= 11 is 0. The van der Waals surface area contributed by atoms with E-state index in [0.29, 0.717) is 0 Å². The second-order valence-corrected chi connectivity index (χ2v) is 4.11. The van der Waals surface area contributed by atoms with Gasteiger partial charge in [0.05, 0.1) is 0 Å². The Labute approximate surface area is 83.6 Å². The first-order valence-electron chi connectivity index (χ1n) is 4.72. The predicted octanol–water partition coefficient (Wildman–Crippen LogP) is 4.16. The van der Waals surface area contributed by atoms with Gasteiger partial charge in [0.15, 0.2) is 5.41 Å². The van der Waals surface area contributed by atoms with Gasteiger partial charge in [-0.3, -0.25) is 0 Å². The molecule has 0 nitrogen and oxygen atoms in total. The average Bonchev–Trinajstić information content (AvgIpc) is 1.93. The molecule has 0 N–H and O–H groups in total. The fraction of sp³-hybridized carbons (Fsp3) is 1.00. The van der Waals surface area contributed by atoms with E-state index in [2.05, 4.69) is 0 Å². The fourth-order valence-corrected chi connectivity index (χ4v) is 2.71. The molecule has 1 fully saturated rings. The second kappa shape index (κ2) is 3.28. The minimum absolute atomic E-state index is 0.00444. The van der Waals surface area contributed by atoms with E-state index in [-0.39, 0.29) is 12.8 Å². The van der Waals surface area contributed by atoms with Gasteiger partial charge in [0.2, 0.25) is 0 Å². The van der Waals surface area contributed by atoms with Crippen LogP contribution in [-0.2, 0) is 0 Å². The Bertz CT molecular complexity index is 224. The van der Waals surface area contributed by atoms with E-state index < -0.39 is 29.6 Å². The number of alkyl halides is 6. The van der Waals surface area contributed by atoms with Crippen LogP contribution in [0.4, 0.5) is 26.3 Å². The van der Waals surface area contributed by atoms with Gasteiger partial charge in [-0.25, -0.2) is 0 Å². The smallest absolute Gasteiger partial charge is 0.170 e. The molecule has 0 heterocycles. The van der Waals surface area contributed by atoms with Crippen LogP contribution in [0.25, 0.3) is 0 Å². The molecule has 0 radical (unpaired) electrons. The van der Waals surface area contributed by atoms with Crippen LogP contribution in [0, 0.1) is 17.3 Å². The SMILES string of the molecule is CC[C@@H]1C[C@H](C)C1(C(F)(F)F)C(F)(F)F. The van der Waals surface area contributed by atoms with Crippen molar-refractivity contribution in [2.24, 2.45) is 17.3 Å². The Kier molecular flexibility index (Phi) is 2.77. The van der Waals surface area contributed by atoms with Gasteiger partial charge in [0, 0.05) is 0 Å². The minimum atomic E-state index is -5.20. The molecule has 0 aromatic rings. The van der Waals surface area contributed by atoms with Gasteiger partial charge in [-0.05, 0) is 18.3 Å². The number of halogens is 6. The van der Waals surface area contributed by atoms with Crippen molar-refractivity contribution >= 4 is 0 Å². The lowest BCUT2D eigenvalue weighted by atomic mass is 9.51. The number of hydrogen-bond acceptors (Lipinski definition) is 0. The van der Waals surface area contributed by atoms with Gasteiger partial charge in [-0.15, -0.1) is 0 Å². The van der Waals surface area contributed by atoms with Crippen molar-refractivity contribution in [3.05, 3.63) is 0 Å². The van der Waals surface area contributed by atoms with Crippen LogP contribution in [0.3, 0.4) is 0 Å². The third-order valence-corrected chi connectivity index (χ3v) is 3.49. The molecule has 90 valence electrons. The van der Waals surface area contributed by atoms with Crippen molar-refractivity contribution in [1.82, 2.24) is 0 Å². The largest absolute Gasteiger partial charge is 0.403 e. The zero-order valence-corrected chi connectivity index (χ0v) is 8.34. The zero-order valence-electron chi connectivity index (χ0n) is 8.34. The standard InChI is InChI=1S/C9H12F6/c1-3-6-4-5(2)7(6,8(10,11)12)9(13,14)15/h5-6H,3-4H2,1-2H3/t5-,6+/m0/s1. The summed E-state index contributed by atoms with van der Waals surface area (Å²) in [4.78, 5) is 0. The molecule has 1 saturated carbocycles. The monoisotopic (exact) mass is 234 g/mol. The molecule has 0 aliphatic heterocycles. The van der Waals surface area contributed by atoms with Crippen molar-refractivity contribution in [3.8, 4) is 0 Å². The van der Waals surface area contributed by atoms with Gasteiger partial charge in [-0.2, -0.15) is 26.3 Å². The maximum atomic E-state index is 12.6. The molecule has 15 heavy (non-hydrogen) atoms.